The number of piperidine rings is 1. The minimum Gasteiger partial charge on any atom is -0.462 e. The molecule has 1 saturated heterocycles. The summed E-state index contributed by atoms with van der Waals surface area (Å²) in [5.41, 5.74) is 2.62. The van der Waals surface area contributed by atoms with Gasteiger partial charge in [0.2, 0.25) is 0 Å². The molecule has 0 aliphatic carbocycles. The lowest BCUT2D eigenvalue weighted by atomic mass is 10.0. The average Bonchev–Trinajstić information content (AvgIpc) is 3.06. The number of likely N-dealkylation sites (tertiary alicyclic amines) is 1. The topological polar surface area (TPSA) is 68.9 Å². The Hall–Kier alpha value is -1.66. The van der Waals surface area contributed by atoms with Gasteiger partial charge >= 0.3 is 0 Å². The van der Waals surface area contributed by atoms with E-state index in [2.05, 4.69) is 34.5 Å². The summed E-state index contributed by atoms with van der Waals surface area (Å²) in [5.74, 6) is 1.43. The maximum absolute atomic E-state index is 9.63. The van der Waals surface area contributed by atoms with Crippen LogP contribution >= 0.6 is 0 Å². The molecule has 0 saturated carbocycles. The summed E-state index contributed by atoms with van der Waals surface area (Å²) < 4.78 is 5.49. The van der Waals surface area contributed by atoms with Crippen molar-refractivity contribution in [1.29, 1.82) is 0 Å². The molecule has 0 unspecified atom stereocenters. The van der Waals surface area contributed by atoms with Gasteiger partial charge in [-0.3, -0.25) is 4.90 Å². The highest BCUT2D eigenvalue weighted by Gasteiger charge is 2.17. The van der Waals surface area contributed by atoms with E-state index < -0.39 is 0 Å². The molecule has 0 amide bonds. The van der Waals surface area contributed by atoms with E-state index in [4.69, 9.17) is 9.52 Å². The molecule has 3 N–H and O–H groups in total. The molecule has 0 atom stereocenters. The number of hydrogen-bond donors (Lipinski definition) is 3. The second kappa shape index (κ2) is 8.44. The summed E-state index contributed by atoms with van der Waals surface area (Å²) in [4.78, 5) is 2.41. The van der Waals surface area contributed by atoms with Crippen molar-refractivity contribution in [2.45, 2.75) is 45.2 Å². The van der Waals surface area contributed by atoms with Gasteiger partial charge in [0.25, 0.3) is 0 Å². The molecule has 0 bridgehead atoms. The molecule has 24 heavy (non-hydrogen) atoms. The number of benzene rings is 1. The van der Waals surface area contributed by atoms with Crippen molar-refractivity contribution < 1.29 is 14.6 Å². The zero-order valence-corrected chi connectivity index (χ0v) is 13.9. The van der Waals surface area contributed by atoms with Crippen LogP contribution in [0.2, 0.25) is 0 Å². The number of rotatable bonds is 7. The number of nitrogens with zero attached hydrogens (tertiary/aromatic N) is 1. The van der Waals surface area contributed by atoms with Gasteiger partial charge in [-0.25, -0.2) is 0 Å². The molecule has 1 aromatic carbocycles. The smallest absolute Gasteiger partial charge is 0.129 e. The van der Waals surface area contributed by atoms with Crippen LogP contribution in [0.5, 0.6) is 0 Å². The Morgan fingerprint density at radius 1 is 1.00 bits per heavy atom. The predicted octanol–water partition coefficient (Wildman–Crippen LogP) is 2.02. The molecule has 1 aliphatic heterocycles. The van der Waals surface area contributed by atoms with Crippen molar-refractivity contribution >= 4 is 0 Å². The Morgan fingerprint density at radius 3 is 2.42 bits per heavy atom. The number of nitrogens with one attached hydrogen (secondary N) is 1. The van der Waals surface area contributed by atoms with Crippen LogP contribution in [-0.4, -0.2) is 34.3 Å². The summed E-state index contributed by atoms with van der Waals surface area (Å²) in [5, 5.41) is 22.1. The monoisotopic (exact) mass is 330 g/mol. The van der Waals surface area contributed by atoms with E-state index in [-0.39, 0.29) is 12.7 Å². The van der Waals surface area contributed by atoms with Crippen molar-refractivity contribution in [2.75, 3.05) is 13.1 Å². The normalized spacial score (nSPS) is 16.6. The van der Waals surface area contributed by atoms with E-state index in [1.807, 2.05) is 6.07 Å². The first-order chi connectivity index (χ1) is 11.7. The third-order valence-corrected chi connectivity index (χ3v) is 4.56. The molecule has 5 heteroatoms. The molecule has 2 aromatic rings. The molecule has 130 valence electrons. The van der Waals surface area contributed by atoms with Gasteiger partial charge in [-0.05, 0) is 36.1 Å². The van der Waals surface area contributed by atoms with E-state index in [1.54, 1.807) is 6.07 Å². The van der Waals surface area contributed by atoms with Gasteiger partial charge in [-0.15, -0.1) is 0 Å². The van der Waals surface area contributed by atoms with Gasteiger partial charge in [0.05, 0.1) is 12.6 Å². The quantitative estimate of drug-likeness (QED) is 0.725. The van der Waals surface area contributed by atoms with Crippen molar-refractivity contribution in [3.8, 4) is 0 Å². The fourth-order valence-corrected chi connectivity index (χ4v) is 3.13. The summed E-state index contributed by atoms with van der Waals surface area (Å²) in [6.45, 7) is 4.21. The van der Waals surface area contributed by atoms with Crippen molar-refractivity contribution in [1.82, 2.24) is 10.2 Å². The van der Waals surface area contributed by atoms with Gasteiger partial charge < -0.3 is 19.9 Å². The molecule has 0 radical (unpaired) electrons. The summed E-state index contributed by atoms with van der Waals surface area (Å²) >= 11 is 0. The van der Waals surface area contributed by atoms with Crippen LogP contribution in [0.15, 0.2) is 40.8 Å². The summed E-state index contributed by atoms with van der Waals surface area (Å²) in [6.07, 6.45) is 1.60. The first-order valence-electron chi connectivity index (χ1n) is 8.61. The Bertz CT molecular complexity index is 633. The molecule has 3 rings (SSSR count). The zero-order chi connectivity index (χ0) is 16.8. The van der Waals surface area contributed by atoms with Gasteiger partial charge in [0.15, 0.2) is 0 Å². The Labute approximate surface area is 142 Å². The zero-order valence-electron chi connectivity index (χ0n) is 13.9. The van der Waals surface area contributed by atoms with Crippen molar-refractivity contribution in [3.05, 3.63) is 59.0 Å². The second-order valence-corrected chi connectivity index (χ2v) is 6.41. The highest BCUT2D eigenvalue weighted by atomic mass is 16.4. The molecule has 2 heterocycles. The lowest BCUT2D eigenvalue weighted by Gasteiger charge is -2.30. The molecule has 5 nitrogen and oxygen atoms in total. The standard InChI is InChI=1S/C19H26N2O3/c22-14-19-6-5-18(24-19)12-20-11-15-3-1-2-4-16(15)13-21-9-7-17(23)8-10-21/h1-6,17,20,22-23H,7-14H2. The number of aliphatic hydroxyl groups is 2. The molecular weight excluding hydrogens is 304 g/mol. The second-order valence-electron chi connectivity index (χ2n) is 6.41. The van der Waals surface area contributed by atoms with E-state index in [0.29, 0.717) is 12.3 Å². The van der Waals surface area contributed by atoms with Crippen LogP contribution in [0, 0.1) is 0 Å². The molecular formula is C19H26N2O3. The first kappa shape index (κ1) is 17.2. The highest BCUT2D eigenvalue weighted by molar-refractivity contribution is 5.27. The Kier molecular flexibility index (Phi) is 6.04. The Morgan fingerprint density at radius 2 is 1.71 bits per heavy atom. The maximum Gasteiger partial charge on any atom is 0.129 e. The third-order valence-electron chi connectivity index (χ3n) is 4.56. The Balaban J connectivity index is 1.53. The molecule has 1 fully saturated rings. The van der Waals surface area contributed by atoms with Gasteiger partial charge in [0.1, 0.15) is 18.1 Å². The average molecular weight is 330 g/mol. The summed E-state index contributed by atoms with van der Waals surface area (Å²) in [6, 6.07) is 12.2. The van der Waals surface area contributed by atoms with E-state index in [9.17, 15) is 5.11 Å². The maximum atomic E-state index is 9.63. The van der Waals surface area contributed by atoms with Crippen LogP contribution in [0.25, 0.3) is 0 Å². The van der Waals surface area contributed by atoms with Crippen LogP contribution in [-0.2, 0) is 26.2 Å². The van der Waals surface area contributed by atoms with Crippen LogP contribution < -0.4 is 5.32 Å². The molecule has 0 spiro atoms. The lowest BCUT2D eigenvalue weighted by molar-refractivity contribution is 0.0791. The van der Waals surface area contributed by atoms with Gasteiger partial charge in [-0.1, -0.05) is 24.3 Å². The van der Waals surface area contributed by atoms with E-state index in [0.717, 1.165) is 44.8 Å². The van der Waals surface area contributed by atoms with Crippen LogP contribution in [0.1, 0.15) is 35.5 Å². The number of aliphatic hydroxyl groups excluding tert-OH is 2. The largest absolute Gasteiger partial charge is 0.462 e. The fourth-order valence-electron chi connectivity index (χ4n) is 3.13. The SMILES string of the molecule is OCc1ccc(CNCc2ccccc2CN2CCC(O)CC2)o1. The highest BCUT2D eigenvalue weighted by Crippen LogP contribution is 2.17. The van der Waals surface area contributed by atoms with Gasteiger partial charge in [0, 0.05) is 26.2 Å². The van der Waals surface area contributed by atoms with Gasteiger partial charge in [-0.2, -0.15) is 0 Å². The van der Waals surface area contributed by atoms with E-state index in [1.165, 1.54) is 11.1 Å². The van der Waals surface area contributed by atoms with Crippen LogP contribution in [0.4, 0.5) is 0 Å². The summed E-state index contributed by atoms with van der Waals surface area (Å²) in [7, 11) is 0. The van der Waals surface area contributed by atoms with Crippen LogP contribution in [0.3, 0.4) is 0 Å². The minimum absolute atomic E-state index is 0.0621. The number of hydrogen-bond acceptors (Lipinski definition) is 5. The number of furan rings is 1. The molecule has 1 aromatic heterocycles. The molecule has 1 aliphatic rings. The van der Waals surface area contributed by atoms with E-state index >= 15 is 0 Å². The first-order valence-corrected chi connectivity index (χ1v) is 8.61. The minimum atomic E-state index is -0.129. The van der Waals surface area contributed by atoms with Crippen molar-refractivity contribution in [3.63, 3.8) is 0 Å². The van der Waals surface area contributed by atoms with Crippen molar-refractivity contribution in [2.24, 2.45) is 0 Å². The third kappa shape index (κ3) is 4.68. The lowest BCUT2D eigenvalue weighted by Crippen LogP contribution is -2.35. The fraction of sp³-hybridized carbons (Fsp3) is 0.474. The predicted molar refractivity (Wildman–Crippen MR) is 92.1 cm³/mol.